The number of benzene rings is 2. The number of anilines is 1. The van der Waals surface area contributed by atoms with Crippen LogP contribution in [0.3, 0.4) is 0 Å². The molecule has 130 valence electrons. The van der Waals surface area contributed by atoms with Gasteiger partial charge in [0.15, 0.2) is 0 Å². The van der Waals surface area contributed by atoms with E-state index in [-0.39, 0.29) is 5.82 Å². The van der Waals surface area contributed by atoms with E-state index >= 15 is 0 Å². The Kier molecular flexibility index (Phi) is 4.56. The first kappa shape index (κ1) is 17.1. The van der Waals surface area contributed by atoms with Crippen LogP contribution in [0.5, 0.6) is 0 Å². The Labute approximate surface area is 145 Å². The predicted molar refractivity (Wildman–Crippen MR) is 95.2 cm³/mol. The molecule has 0 radical (unpaired) electrons. The number of rotatable bonds is 5. The summed E-state index contributed by atoms with van der Waals surface area (Å²) in [5.41, 5.74) is 2.82. The second-order valence-corrected chi connectivity index (χ2v) is 7.50. The van der Waals surface area contributed by atoms with Crippen LogP contribution in [0.4, 0.5) is 10.1 Å². The van der Waals surface area contributed by atoms with Crippen LogP contribution >= 0.6 is 0 Å². The van der Waals surface area contributed by atoms with Gasteiger partial charge in [-0.15, -0.1) is 0 Å². The van der Waals surface area contributed by atoms with Gasteiger partial charge in [-0.1, -0.05) is 12.1 Å². The molecule has 0 aliphatic rings. The monoisotopic (exact) mass is 360 g/mol. The van der Waals surface area contributed by atoms with E-state index in [9.17, 15) is 12.8 Å². The molecule has 1 N–H and O–H groups in total. The smallest absolute Gasteiger partial charge is 0.271 e. The number of halogens is 1. The highest BCUT2D eigenvalue weighted by Crippen LogP contribution is 2.24. The van der Waals surface area contributed by atoms with Gasteiger partial charge in [-0.3, -0.25) is 4.72 Å². The standard InChI is InChI=1S/C17H17FN4O2S/c1-21(2)25(23,24)20-16-5-3-4-13(10-16)14-11-19-22(12-14)17-8-6-15(18)7-9-17/h3-12,20H,1-2H3. The fourth-order valence-electron chi connectivity index (χ4n) is 2.21. The molecule has 2 aromatic carbocycles. The van der Waals surface area contributed by atoms with Gasteiger partial charge in [0.1, 0.15) is 5.82 Å². The highest BCUT2D eigenvalue weighted by atomic mass is 32.2. The molecule has 0 spiro atoms. The van der Waals surface area contributed by atoms with E-state index in [1.807, 2.05) is 6.07 Å². The largest absolute Gasteiger partial charge is 0.301 e. The maximum Gasteiger partial charge on any atom is 0.301 e. The van der Waals surface area contributed by atoms with E-state index in [2.05, 4.69) is 9.82 Å². The van der Waals surface area contributed by atoms with Gasteiger partial charge in [0.2, 0.25) is 0 Å². The summed E-state index contributed by atoms with van der Waals surface area (Å²) in [4.78, 5) is 0. The Balaban J connectivity index is 1.88. The molecule has 0 saturated carbocycles. The van der Waals surface area contributed by atoms with Crippen LogP contribution < -0.4 is 4.72 Å². The molecule has 6 nitrogen and oxygen atoms in total. The fourth-order valence-corrected chi connectivity index (χ4v) is 2.82. The summed E-state index contributed by atoms with van der Waals surface area (Å²) in [6.45, 7) is 0. The molecule has 0 amide bonds. The van der Waals surface area contributed by atoms with Crippen LogP contribution in [0.25, 0.3) is 16.8 Å². The van der Waals surface area contributed by atoms with Crippen LogP contribution in [0.2, 0.25) is 0 Å². The average molecular weight is 360 g/mol. The van der Waals surface area contributed by atoms with Crippen LogP contribution in [0.15, 0.2) is 60.9 Å². The zero-order chi connectivity index (χ0) is 18.0. The Hall–Kier alpha value is -2.71. The lowest BCUT2D eigenvalue weighted by Crippen LogP contribution is -2.28. The first-order valence-electron chi connectivity index (χ1n) is 7.46. The summed E-state index contributed by atoms with van der Waals surface area (Å²) in [7, 11) is -0.651. The van der Waals surface area contributed by atoms with E-state index in [0.29, 0.717) is 5.69 Å². The number of aromatic nitrogens is 2. The minimum Gasteiger partial charge on any atom is -0.271 e. The molecule has 0 saturated heterocycles. The molecular weight excluding hydrogens is 343 g/mol. The summed E-state index contributed by atoms with van der Waals surface area (Å²) in [6.07, 6.45) is 3.47. The van der Waals surface area contributed by atoms with Gasteiger partial charge in [-0.25, -0.2) is 9.07 Å². The van der Waals surface area contributed by atoms with Crippen molar-refractivity contribution in [2.24, 2.45) is 0 Å². The van der Waals surface area contributed by atoms with Crippen molar-refractivity contribution in [3.05, 3.63) is 66.7 Å². The molecule has 0 aliphatic heterocycles. The molecule has 0 unspecified atom stereocenters. The van der Waals surface area contributed by atoms with Crippen molar-refractivity contribution >= 4 is 15.9 Å². The van der Waals surface area contributed by atoms with Crippen molar-refractivity contribution in [2.75, 3.05) is 18.8 Å². The summed E-state index contributed by atoms with van der Waals surface area (Å²) in [5, 5.41) is 4.27. The topological polar surface area (TPSA) is 67.2 Å². The van der Waals surface area contributed by atoms with Crippen molar-refractivity contribution in [2.45, 2.75) is 0 Å². The molecule has 0 aliphatic carbocycles. The van der Waals surface area contributed by atoms with E-state index < -0.39 is 10.2 Å². The molecule has 0 atom stereocenters. The SMILES string of the molecule is CN(C)S(=O)(=O)Nc1cccc(-c2cnn(-c3ccc(F)cc3)c2)c1. The molecule has 3 rings (SSSR count). The van der Waals surface area contributed by atoms with Gasteiger partial charge < -0.3 is 0 Å². The Morgan fingerprint density at radius 3 is 2.48 bits per heavy atom. The predicted octanol–water partition coefficient (Wildman–Crippen LogP) is 2.90. The first-order valence-corrected chi connectivity index (χ1v) is 8.90. The summed E-state index contributed by atoms with van der Waals surface area (Å²) >= 11 is 0. The number of nitrogens with zero attached hydrogens (tertiary/aromatic N) is 3. The quantitative estimate of drug-likeness (QED) is 0.761. The van der Waals surface area contributed by atoms with Crippen molar-refractivity contribution in [1.29, 1.82) is 0 Å². The molecule has 8 heteroatoms. The third-order valence-electron chi connectivity index (χ3n) is 3.60. The van der Waals surface area contributed by atoms with Gasteiger partial charge in [0, 0.05) is 25.9 Å². The number of hydrogen-bond donors (Lipinski definition) is 1. The van der Waals surface area contributed by atoms with Crippen LogP contribution in [-0.4, -0.2) is 36.6 Å². The zero-order valence-corrected chi connectivity index (χ0v) is 14.5. The maximum absolute atomic E-state index is 13.0. The minimum atomic E-state index is -3.57. The zero-order valence-electron chi connectivity index (χ0n) is 13.7. The molecule has 3 aromatic rings. The maximum atomic E-state index is 13.0. The lowest BCUT2D eigenvalue weighted by Gasteiger charge is -2.13. The first-order chi connectivity index (χ1) is 11.8. The van der Waals surface area contributed by atoms with Crippen LogP contribution in [-0.2, 0) is 10.2 Å². The van der Waals surface area contributed by atoms with Gasteiger partial charge in [-0.05, 0) is 42.0 Å². The molecular formula is C17H17FN4O2S. The van der Waals surface area contributed by atoms with Gasteiger partial charge in [0.25, 0.3) is 0 Å². The van der Waals surface area contributed by atoms with Crippen molar-refractivity contribution in [1.82, 2.24) is 14.1 Å². The average Bonchev–Trinajstić information content (AvgIpc) is 3.05. The molecule has 25 heavy (non-hydrogen) atoms. The molecule has 1 heterocycles. The van der Waals surface area contributed by atoms with Crippen LogP contribution in [0, 0.1) is 5.82 Å². The van der Waals surface area contributed by atoms with Gasteiger partial charge >= 0.3 is 10.2 Å². The Morgan fingerprint density at radius 1 is 1.08 bits per heavy atom. The second kappa shape index (κ2) is 6.66. The van der Waals surface area contributed by atoms with Crippen molar-refractivity contribution in [3.8, 4) is 16.8 Å². The van der Waals surface area contributed by atoms with E-state index in [1.165, 1.54) is 26.2 Å². The third-order valence-corrected chi connectivity index (χ3v) is 5.05. The lowest BCUT2D eigenvalue weighted by atomic mass is 10.1. The Morgan fingerprint density at radius 2 is 1.80 bits per heavy atom. The van der Waals surface area contributed by atoms with Crippen molar-refractivity contribution in [3.63, 3.8) is 0 Å². The summed E-state index contributed by atoms with van der Waals surface area (Å²) in [6, 6.07) is 13.0. The normalized spacial score (nSPS) is 11.7. The van der Waals surface area contributed by atoms with E-state index in [1.54, 1.807) is 47.4 Å². The van der Waals surface area contributed by atoms with Crippen LogP contribution in [0.1, 0.15) is 0 Å². The highest BCUT2D eigenvalue weighted by molar-refractivity contribution is 7.90. The summed E-state index contributed by atoms with van der Waals surface area (Å²) < 4.78 is 42.1. The van der Waals surface area contributed by atoms with Crippen molar-refractivity contribution < 1.29 is 12.8 Å². The molecule has 0 bridgehead atoms. The van der Waals surface area contributed by atoms with E-state index in [0.717, 1.165) is 21.1 Å². The molecule has 1 aromatic heterocycles. The van der Waals surface area contributed by atoms with Gasteiger partial charge in [0.05, 0.1) is 17.6 Å². The summed E-state index contributed by atoms with van der Waals surface area (Å²) in [5.74, 6) is -0.308. The number of nitrogens with one attached hydrogen (secondary N) is 1. The third kappa shape index (κ3) is 3.86. The second-order valence-electron chi connectivity index (χ2n) is 5.62. The Bertz CT molecular complexity index is 982. The highest BCUT2D eigenvalue weighted by Gasteiger charge is 2.13. The fraction of sp³-hybridized carbons (Fsp3) is 0.118. The molecule has 0 fully saturated rings. The minimum absolute atomic E-state index is 0.308. The number of hydrogen-bond acceptors (Lipinski definition) is 3. The van der Waals surface area contributed by atoms with E-state index in [4.69, 9.17) is 0 Å². The lowest BCUT2D eigenvalue weighted by molar-refractivity contribution is 0.527. The van der Waals surface area contributed by atoms with Gasteiger partial charge in [-0.2, -0.15) is 17.8 Å².